The van der Waals surface area contributed by atoms with E-state index in [1.165, 1.54) is 103 Å². The lowest BCUT2D eigenvalue weighted by Crippen LogP contribution is -2.46. The molecule has 1 aromatic heterocycles. The largest absolute Gasteiger partial charge is 0.310 e. The van der Waals surface area contributed by atoms with Gasteiger partial charge in [0, 0.05) is 44.1 Å². The second-order valence-electron chi connectivity index (χ2n) is 19.9. The summed E-state index contributed by atoms with van der Waals surface area (Å²) in [6.45, 7) is 7.56. The van der Waals surface area contributed by atoms with Crippen LogP contribution in [0.3, 0.4) is 0 Å². The molecule has 3 fully saturated rings. The molecule has 0 aliphatic heterocycles. The van der Waals surface area contributed by atoms with Gasteiger partial charge in [0.2, 0.25) is 0 Å². The third kappa shape index (κ3) is 4.98. The molecule has 0 amide bonds. The number of nitrogens with zero attached hydrogens (tertiary/aromatic N) is 2. The van der Waals surface area contributed by atoms with Gasteiger partial charge in [0.1, 0.15) is 0 Å². The molecule has 62 heavy (non-hydrogen) atoms. The van der Waals surface area contributed by atoms with Crippen molar-refractivity contribution in [3.8, 4) is 16.8 Å². The smallest absolute Gasteiger partial charge is 0.0541 e. The highest BCUT2D eigenvalue weighted by Gasteiger charge is 2.68. The number of fused-ring (bicyclic) bond motifs is 6. The van der Waals surface area contributed by atoms with Crippen LogP contribution in [0.25, 0.3) is 49.4 Å². The van der Waals surface area contributed by atoms with E-state index in [-0.39, 0.29) is 10.8 Å². The first-order chi connectivity index (χ1) is 30.4. The lowest BCUT2D eigenvalue weighted by Gasteiger charge is -2.51. The number of rotatable bonds is 5. The average molecular weight is 801 g/mol. The fraction of sp³-hybridized carbons (Fsp3) is 0.233. The van der Waals surface area contributed by atoms with Gasteiger partial charge in [-0.25, -0.2) is 0 Å². The molecule has 1 spiro atoms. The van der Waals surface area contributed by atoms with Crippen LogP contribution in [-0.4, -0.2) is 4.57 Å². The molecule has 9 aromatic rings. The van der Waals surface area contributed by atoms with Crippen molar-refractivity contribution in [2.75, 3.05) is 4.90 Å². The molecule has 2 nitrogen and oxygen atoms in total. The molecule has 8 aromatic carbocycles. The van der Waals surface area contributed by atoms with Gasteiger partial charge < -0.3 is 9.47 Å². The first-order valence-electron chi connectivity index (χ1n) is 23.1. The summed E-state index contributed by atoms with van der Waals surface area (Å²) in [6.07, 6.45) is 5.51. The zero-order valence-electron chi connectivity index (χ0n) is 35.9. The van der Waals surface area contributed by atoms with Gasteiger partial charge in [0.15, 0.2) is 0 Å². The molecule has 4 aliphatic rings. The molecule has 302 valence electrons. The number of anilines is 3. The van der Waals surface area contributed by atoms with E-state index in [0.29, 0.717) is 5.92 Å². The third-order valence-corrected chi connectivity index (χ3v) is 16.4. The molecule has 0 saturated heterocycles. The average Bonchev–Trinajstić information content (AvgIpc) is 3.92. The molecule has 2 bridgehead atoms. The van der Waals surface area contributed by atoms with Crippen molar-refractivity contribution < 1.29 is 0 Å². The van der Waals surface area contributed by atoms with Crippen molar-refractivity contribution in [1.29, 1.82) is 0 Å². The van der Waals surface area contributed by atoms with Crippen molar-refractivity contribution in [1.82, 2.24) is 4.57 Å². The standard InChI is InChI=1S/C60H52N2/c1-38-33-43-35-42-36-44(34-38)60(43)53-32-31-47(37-54(53)59(2,3)52-19-9-6-18-51(52)58(42)60)61(55-22-12-14-41-13-4-5-15-48(41)55)45-27-23-39(24-28-45)40-25-29-46(30-26-40)62-56-20-10-7-16-49(56)50-17-8-11-21-57(50)62/h4-32,37-38,42-44,58H,33-36H2,1-3H3/t38?,42?,43-,44+,58?,60?. The molecular weight excluding hydrogens is 749 g/mol. The van der Waals surface area contributed by atoms with Crippen molar-refractivity contribution in [2.45, 2.75) is 63.2 Å². The maximum atomic E-state index is 2.63. The second-order valence-corrected chi connectivity index (χ2v) is 19.9. The zero-order valence-corrected chi connectivity index (χ0v) is 35.9. The molecule has 0 radical (unpaired) electrons. The van der Waals surface area contributed by atoms with Crippen molar-refractivity contribution >= 4 is 49.6 Å². The Hall–Kier alpha value is -6.38. The summed E-state index contributed by atoms with van der Waals surface area (Å²) in [6, 6.07) is 68.9. The molecule has 4 unspecified atom stereocenters. The van der Waals surface area contributed by atoms with Gasteiger partial charge in [0.25, 0.3) is 0 Å². The van der Waals surface area contributed by atoms with Gasteiger partial charge in [-0.1, -0.05) is 148 Å². The topological polar surface area (TPSA) is 8.17 Å². The fourth-order valence-corrected chi connectivity index (χ4v) is 14.2. The van der Waals surface area contributed by atoms with E-state index in [4.69, 9.17) is 0 Å². The van der Waals surface area contributed by atoms with Gasteiger partial charge in [-0.05, 0) is 149 Å². The minimum Gasteiger partial charge on any atom is -0.310 e. The fourth-order valence-electron chi connectivity index (χ4n) is 14.2. The molecule has 0 N–H and O–H groups in total. The minimum absolute atomic E-state index is 0.138. The van der Waals surface area contributed by atoms with Crippen LogP contribution in [0.5, 0.6) is 0 Å². The summed E-state index contributed by atoms with van der Waals surface area (Å²) in [4.78, 5) is 2.54. The molecule has 1 heterocycles. The van der Waals surface area contributed by atoms with E-state index in [0.717, 1.165) is 23.7 Å². The Kier molecular flexibility index (Phi) is 7.79. The highest BCUT2D eigenvalue weighted by Crippen LogP contribution is 2.75. The second kappa shape index (κ2) is 13.3. The van der Waals surface area contributed by atoms with Gasteiger partial charge in [0.05, 0.1) is 16.7 Å². The van der Waals surface area contributed by atoms with E-state index in [1.807, 2.05) is 0 Å². The quantitative estimate of drug-likeness (QED) is 0.168. The van der Waals surface area contributed by atoms with E-state index in [1.54, 1.807) is 11.1 Å². The SMILES string of the molecule is CC1C[C@@H]2CC3C[C@H](C1)C21c2ccc(N(c4ccc(-c5ccc(-n6c7ccccc7c7ccccc76)cc5)cc4)c4cccc5ccccc45)cc2C(C)(C)c2ccccc2C31. The number of hydrogen-bond acceptors (Lipinski definition) is 1. The van der Waals surface area contributed by atoms with E-state index < -0.39 is 0 Å². The zero-order chi connectivity index (χ0) is 41.3. The molecule has 6 atom stereocenters. The first-order valence-corrected chi connectivity index (χ1v) is 23.1. The van der Waals surface area contributed by atoms with E-state index in [2.05, 4.69) is 212 Å². The Morgan fingerprint density at radius 2 is 1.08 bits per heavy atom. The molecule has 13 rings (SSSR count). The summed E-state index contributed by atoms with van der Waals surface area (Å²) in [5.41, 5.74) is 16.1. The van der Waals surface area contributed by atoms with Crippen LogP contribution in [0.15, 0.2) is 182 Å². The summed E-state index contributed by atoms with van der Waals surface area (Å²) in [7, 11) is 0. The first kappa shape index (κ1) is 36.3. The number of hydrogen-bond donors (Lipinski definition) is 0. The molecule has 3 saturated carbocycles. The summed E-state index contributed by atoms with van der Waals surface area (Å²) in [5.74, 6) is 3.72. The number of benzene rings is 8. The van der Waals surface area contributed by atoms with E-state index in [9.17, 15) is 0 Å². The predicted molar refractivity (Wildman–Crippen MR) is 259 cm³/mol. The Balaban J connectivity index is 0.944. The predicted octanol–water partition coefficient (Wildman–Crippen LogP) is 15.8. The van der Waals surface area contributed by atoms with Crippen LogP contribution in [0.1, 0.15) is 74.6 Å². The van der Waals surface area contributed by atoms with Crippen LogP contribution in [0.4, 0.5) is 17.1 Å². The van der Waals surface area contributed by atoms with Crippen LogP contribution >= 0.6 is 0 Å². The van der Waals surface area contributed by atoms with Gasteiger partial charge in [-0.3, -0.25) is 0 Å². The van der Waals surface area contributed by atoms with Crippen molar-refractivity contribution in [3.63, 3.8) is 0 Å². The van der Waals surface area contributed by atoms with Crippen LogP contribution in [-0.2, 0) is 10.8 Å². The lowest BCUT2D eigenvalue weighted by atomic mass is 9.53. The number of aromatic nitrogens is 1. The third-order valence-electron chi connectivity index (χ3n) is 16.4. The normalized spacial score (nSPS) is 24.1. The van der Waals surface area contributed by atoms with Crippen LogP contribution in [0, 0.1) is 23.7 Å². The summed E-state index contributed by atoms with van der Waals surface area (Å²) >= 11 is 0. The van der Waals surface area contributed by atoms with Crippen LogP contribution in [0.2, 0.25) is 0 Å². The Labute approximate surface area is 365 Å². The maximum Gasteiger partial charge on any atom is 0.0541 e. The van der Waals surface area contributed by atoms with Crippen molar-refractivity contribution in [3.05, 3.63) is 204 Å². The Morgan fingerprint density at radius 1 is 0.500 bits per heavy atom. The van der Waals surface area contributed by atoms with Gasteiger partial charge in [-0.2, -0.15) is 0 Å². The maximum absolute atomic E-state index is 2.63. The highest BCUT2D eigenvalue weighted by molar-refractivity contribution is 6.09. The van der Waals surface area contributed by atoms with Gasteiger partial charge in [-0.15, -0.1) is 0 Å². The van der Waals surface area contributed by atoms with E-state index >= 15 is 0 Å². The molecule has 4 aliphatic carbocycles. The van der Waals surface area contributed by atoms with Crippen molar-refractivity contribution in [2.24, 2.45) is 23.7 Å². The molecular formula is C60H52N2. The summed E-state index contributed by atoms with van der Waals surface area (Å²) in [5, 5.41) is 5.09. The monoisotopic (exact) mass is 800 g/mol. The Bertz CT molecular complexity index is 3150. The summed E-state index contributed by atoms with van der Waals surface area (Å²) < 4.78 is 2.39. The molecule has 2 heteroatoms. The highest BCUT2D eigenvalue weighted by atomic mass is 15.1. The lowest BCUT2D eigenvalue weighted by molar-refractivity contribution is 0.0822. The van der Waals surface area contributed by atoms with Gasteiger partial charge >= 0.3 is 0 Å². The number of para-hydroxylation sites is 2. The Morgan fingerprint density at radius 3 is 1.79 bits per heavy atom. The van der Waals surface area contributed by atoms with Crippen LogP contribution < -0.4 is 4.90 Å². The minimum atomic E-state index is -0.138.